The van der Waals surface area contributed by atoms with Gasteiger partial charge in [0.1, 0.15) is 0 Å². The molecule has 1 fully saturated rings. The Morgan fingerprint density at radius 3 is 2.27 bits per heavy atom. The topological polar surface area (TPSA) is 20.2 Å². The Kier molecular flexibility index (Phi) is 2.24. The second-order valence-corrected chi connectivity index (χ2v) is 5.79. The summed E-state index contributed by atoms with van der Waals surface area (Å²) in [5.41, 5.74) is -0.691. The van der Waals surface area contributed by atoms with Crippen molar-refractivity contribution < 1.29 is 13.9 Å². The molecule has 0 aromatic heterocycles. The van der Waals surface area contributed by atoms with Crippen LogP contribution in [0.15, 0.2) is 12.2 Å². The Bertz CT molecular complexity index is 296. The van der Waals surface area contributed by atoms with E-state index in [2.05, 4.69) is 13.8 Å². The first-order chi connectivity index (χ1) is 6.73. The molecular weight excluding hydrogens is 198 g/mol. The first kappa shape index (κ1) is 11.1. The molecule has 1 N–H and O–H groups in total. The van der Waals surface area contributed by atoms with E-state index in [1.54, 1.807) is 0 Å². The molecule has 2 unspecified atom stereocenters. The number of hydrogen-bond donors (Lipinski definition) is 1. The summed E-state index contributed by atoms with van der Waals surface area (Å²) in [6.45, 7) is 4.31. The molecule has 0 amide bonds. The van der Waals surface area contributed by atoms with Gasteiger partial charge < -0.3 is 5.11 Å². The van der Waals surface area contributed by atoms with Crippen LogP contribution in [-0.2, 0) is 0 Å². The zero-order valence-corrected chi connectivity index (χ0v) is 9.26. The Hall–Kier alpha value is -0.440. The van der Waals surface area contributed by atoms with Gasteiger partial charge in [-0.2, -0.15) is 0 Å². The van der Waals surface area contributed by atoms with Crippen LogP contribution in [0.2, 0.25) is 0 Å². The first-order valence-electron chi connectivity index (χ1n) is 5.53. The average molecular weight is 216 g/mol. The minimum absolute atomic E-state index is 0.184. The molecule has 2 aliphatic carbocycles. The molecule has 1 saturated carbocycles. The summed E-state index contributed by atoms with van der Waals surface area (Å²) >= 11 is 0. The molecule has 2 rings (SSSR count). The molecular formula is C12H18F2O. The van der Waals surface area contributed by atoms with Crippen LogP contribution >= 0.6 is 0 Å². The van der Waals surface area contributed by atoms with Gasteiger partial charge >= 0.3 is 0 Å². The van der Waals surface area contributed by atoms with E-state index >= 15 is 0 Å². The van der Waals surface area contributed by atoms with Crippen LogP contribution in [0, 0.1) is 11.3 Å². The maximum atomic E-state index is 12.9. The standard InChI is InChI=1S/C12H18F2O/c1-10(2)7-9(10)8-11(15)3-5-12(13,14)6-4-11/h3,5,9,15H,4,6-8H2,1-2H3. The molecule has 0 aromatic rings. The van der Waals surface area contributed by atoms with E-state index in [1.165, 1.54) is 6.08 Å². The Morgan fingerprint density at radius 2 is 1.87 bits per heavy atom. The molecule has 0 radical (unpaired) electrons. The number of rotatable bonds is 2. The lowest BCUT2D eigenvalue weighted by Gasteiger charge is -2.31. The third kappa shape index (κ3) is 2.39. The summed E-state index contributed by atoms with van der Waals surface area (Å²) in [6, 6.07) is 0. The fourth-order valence-corrected chi connectivity index (χ4v) is 2.35. The molecule has 0 bridgehead atoms. The highest BCUT2D eigenvalue weighted by atomic mass is 19.3. The van der Waals surface area contributed by atoms with Crippen molar-refractivity contribution in [3.05, 3.63) is 12.2 Å². The van der Waals surface area contributed by atoms with Crippen LogP contribution in [0.4, 0.5) is 8.78 Å². The summed E-state index contributed by atoms with van der Waals surface area (Å²) in [6.07, 6.45) is 3.86. The van der Waals surface area contributed by atoms with Crippen LogP contribution in [0.5, 0.6) is 0 Å². The highest BCUT2D eigenvalue weighted by Gasteiger charge is 2.50. The van der Waals surface area contributed by atoms with Crippen LogP contribution in [0.3, 0.4) is 0 Å². The van der Waals surface area contributed by atoms with Crippen LogP contribution in [0.25, 0.3) is 0 Å². The molecule has 86 valence electrons. The Balaban J connectivity index is 1.98. The summed E-state index contributed by atoms with van der Waals surface area (Å²) in [7, 11) is 0. The van der Waals surface area contributed by atoms with Gasteiger partial charge in [0.15, 0.2) is 0 Å². The second kappa shape index (κ2) is 3.03. The van der Waals surface area contributed by atoms with Crippen molar-refractivity contribution in [1.29, 1.82) is 0 Å². The van der Waals surface area contributed by atoms with E-state index < -0.39 is 11.5 Å². The van der Waals surface area contributed by atoms with E-state index in [0.29, 0.717) is 17.8 Å². The van der Waals surface area contributed by atoms with Gasteiger partial charge in [-0.05, 0) is 36.7 Å². The average Bonchev–Trinajstić information content (AvgIpc) is 2.66. The number of allylic oxidation sites excluding steroid dienone is 1. The lowest BCUT2D eigenvalue weighted by atomic mass is 9.84. The van der Waals surface area contributed by atoms with Crippen molar-refractivity contribution in [3.63, 3.8) is 0 Å². The van der Waals surface area contributed by atoms with Gasteiger partial charge in [-0.3, -0.25) is 0 Å². The lowest BCUT2D eigenvalue weighted by Crippen LogP contribution is -2.34. The smallest absolute Gasteiger partial charge is 0.266 e. The molecule has 0 saturated heterocycles. The van der Waals surface area contributed by atoms with Crippen molar-refractivity contribution in [3.8, 4) is 0 Å². The van der Waals surface area contributed by atoms with E-state index in [1.807, 2.05) is 0 Å². The highest BCUT2D eigenvalue weighted by molar-refractivity contribution is 5.14. The number of hydrogen-bond acceptors (Lipinski definition) is 1. The van der Waals surface area contributed by atoms with Crippen LogP contribution in [0.1, 0.15) is 39.5 Å². The third-order valence-electron chi connectivity index (χ3n) is 3.85. The van der Waals surface area contributed by atoms with Gasteiger partial charge in [0.25, 0.3) is 5.92 Å². The van der Waals surface area contributed by atoms with Crippen molar-refractivity contribution >= 4 is 0 Å². The van der Waals surface area contributed by atoms with Crippen molar-refractivity contribution in [2.75, 3.05) is 0 Å². The number of halogens is 2. The Morgan fingerprint density at radius 1 is 1.27 bits per heavy atom. The zero-order valence-electron chi connectivity index (χ0n) is 9.26. The zero-order chi connectivity index (χ0) is 11.3. The van der Waals surface area contributed by atoms with E-state index in [0.717, 1.165) is 12.5 Å². The molecule has 15 heavy (non-hydrogen) atoms. The van der Waals surface area contributed by atoms with E-state index in [4.69, 9.17) is 0 Å². The Labute approximate surface area is 89.2 Å². The van der Waals surface area contributed by atoms with Crippen LogP contribution < -0.4 is 0 Å². The van der Waals surface area contributed by atoms with Gasteiger partial charge in [-0.15, -0.1) is 0 Å². The number of aliphatic hydroxyl groups is 1. The molecule has 3 heteroatoms. The minimum atomic E-state index is -2.72. The molecule has 2 aliphatic rings. The summed E-state index contributed by atoms with van der Waals surface area (Å²) in [5, 5.41) is 10.1. The second-order valence-electron chi connectivity index (χ2n) is 5.79. The SMILES string of the molecule is CC1(C)CC1CC1(O)C=CC(F)(F)CC1. The van der Waals surface area contributed by atoms with E-state index in [-0.39, 0.29) is 12.8 Å². The predicted octanol–water partition coefficient (Wildman–Crippen LogP) is 3.14. The molecule has 1 nitrogen and oxygen atoms in total. The fraction of sp³-hybridized carbons (Fsp3) is 0.833. The summed E-state index contributed by atoms with van der Waals surface area (Å²) in [5.74, 6) is -2.23. The normalized spacial score (nSPS) is 41.5. The minimum Gasteiger partial charge on any atom is -0.386 e. The van der Waals surface area contributed by atoms with Crippen molar-refractivity contribution in [1.82, 2.24) is 0 Å². The first-order valence-corrected chi connectivity index (χ1v) is 5.53. The van der Waals surface area contributed by atoms with Crippen molar-refractivity contribution in [2.24, 2.45) is 11.3 Å². The van der Waals surface area contributed by atoms with Gasteiger partial charge in [0, 0.05) is 6.42 Å². The van der Waals surface area contributed by atoms with Crippen LogP contribution in [-0.4, -0.2) is 16.6 Å². The molecule has 0 heterocycles. The molecule has 0 spiro atoms. The molecule has 0 aromatic carbocycles. The van der Waals surface area contributed by atoms with E-state index in [9.17, 15) is 13.9 Å². The van der Waals surface area contributed by atoms with Crippen molar-refractivity contribution in [2.45, 2.75) is 51.1 Å². The summed E-state index contributed by atoms with van der Waals surface area (Å²) in [4.78, 5) is 0. The maximum absolute atomic E-state index is 12.9. The van der Waals surface area contributed by atoms with Gasteiger partial charge in [0.05, 0.1) is 5.60 Å². The predicted molar refractivity (Wildman–Crippen MR) is 54.8 cm³/mol. The largest absolute Gasteiger partial charge is 0.386 e. The monoisotopic (exact) mass is 216 g/mol. The van der Waals surface area contributed by atoms with Gasteiger partial charge in [-0.25, -0.2) is 8.78 Å². The third-order valence-corrected chi connectivity index (χ3v) is 3.85. The summed E-state index contributed by atoms with van der Waals surface area (Å²) < 4.78 is 25.7. The van der Waals surface area contributed by atoms with Gasteiger partial charge in [0.2, 0.25) is 0 Å². The lowest BCUT2D eigenvalue weighted by molar-refractivity contribution is -0.0181. The maximum Gasteiger partial charge on any atom is 0.266 e. The molecule has 0 aliphatic heterocycles. The number of alkyl halides is 2. The van der Waals surface area contributed by atoms with Gasteiger partial charge in [-0.1, -0.05) is 19.9 Å². The quantitative estimate of drug-likeness (QED) is 0.703. The highest BCUT2D eigenvalue weighted by Crippen LogP contribution is 2.56. The fourth-order valence-electron chi connectivity index (χ4n) is 2.35. The molecule has 2 atom stereocenters.